The van der Waals surface area contributed by atoms with Crippen LogP contribution in [0.25, 0.3) is 0 Å². The van der Waals surface area contributed by atoms with Crippen molar-refractivity contribution in [3.63, 3.8) is 0 Å². The van der Waals surface area contributed by atoms with E-state index in [9.17, 15) is 9.18 Å². The molecule has 2 aromatic carbocycles. The quantitative estimate of drug-likeness (QED) is 0.714. The molecule has 3 aromatic rings. The highest BCUT2D eigenvalue weighted by Crippen LogP contribution is 2.33. The van der Waals surface area contributed by atoms with Crippen molar-refractivity contribution in [1.82, 2.24) is 14.7 Å². The van der Waals surface area contributed by atoms with Crippen LogP contribution in [0.1, 0.15) is 22.6 Å². The van der Waals surface area contributed by atoms with Crippen LogP contribution >= 0.6 is 0 Å². The SMILES string of the molecule is Cn1cc(C2CN(C(=O)COc3ccc(F)cc3)Cc3ccccc32)cn1. The topological polar surface area (TPSA) is 47.4 Å². The molecule has 0 saturated carbocycles. The van der Waals surface area contributed by atoms with E-state index in [2.05, 4.69) is 17.2 Å². The molecular formula is C21H20FN3O2. The van der Waals surface area contributed by atoms with Crippen LogP contribution in [0, 0.1) is 5.82 Å². The molecular weight excluding hydrogens is 345 g/mol. The highest BCUT2D eigenvalue weighted by atomic mass is 19.1. The summed E-state index contributed by atoms with van der Waals surface area (Å²) in [4.78, 5) is 14.5. The number of nitrogens with zero attached hydrogens (tertiary/aromatic N) is 3. The number of fused-ring (bicyclic) bond motifs is 1. The molecule has 5 nitrogen and oxygen atoms in total. The minimum atomic E-state index is -0.333. The summed E-state index contributed by atoms with van der Waals surface area (Å²) < 4.78 is 20.3. The molecule has 27 heavy (non-hydrogen) atoms. The molecule has 1 aromatic heterocycles. The standard InChI is InChI=1S/C21H20FN3O2/c1-24-11-16(10-23-24)20-13-25(12-15-4-2-3-5-19(15)20)21(26)14-27-18-8-6-17(22)7-9-18/h2-11,20H,12-14H2,1H3. The lowest BCUT2D eigenvalue weighted by atomic mass is 9.86. The summed E-state index contributed by atoms with van der Waals surface area (Å²) in [5.41, 5.74) is 3.45. The van der Waals surface area contributed by atoms with Crippen molar-refractivity contribution in [1.29, 1.82) is 0 Å². The van der Waals surface area contributed by atoms with Crippen LogP contribution in [-0.2, 0) is 18.4 Å². The van der Waals surface area contributed by atoms with Gasteiger partial charge in [-0.25, -0.2) is 4.39 Å². The van der Waals surface area contributed by atoms with E-state index in [0.29, 0.717) is 18.8 Å². The van der Waals surface area contributed by atoms with Gasteiger partial charge in [0, 0.05) is 32.3 Å². The summed E-state index contributed by atoms with van der Waals surface area (Å²) in [5, 5.41) is 4.28. The van der Waals surface area contributed by atoms with E-state index in [0.717, 1.165) is 11.1 Å². The summed E-state index contributed by atoms with van der Waals surface area (Å²) in [6.07, 6.45) is 3.84. The lowest BCUT2D eigenvalue weighted by Gasteiger charge is -2.34. The van der Waals surface area contributed by atoms with Gasteiger partial charge in [0.25, 0.3) is 5.91 Å². The van der Waals surface area contributed by atoms with E-state index >= 15 is 0 Å². The van der Waals surface area contributed by atoms with Gasteiger partial charge in [-0.15, -0.1) is 0 Å². The predicted molar refractivity (Wildman–Crippen MR) is 98.8 cm³/mol. The van der Waals surface area contributed by atoms with Crippen LogP contribution in [-0.4, -0.2) is 33.7 Å². The number of rotatable bonds is 4. The lowest BCUT2D eigenvalue weighted by Crippen LogP contribution is -2.41. The first-order valence-electron chi connectivity index (χ1n) is 8.82. The van der Waals surface area contributed by atoms with Gasteiger partial charge in [-0.1, -0.05) is 24.3 Å². The van der Waals surface area contributed by atoms with Gasteiger partial charge in [-0.2, -0.15) is 5.10 Å². The molecule has 0 N–H and O–H groups in total. The van der Waals surface area contributed by atoms with Gasteiger partial charge in [0.15, 0.2) is 6.61 Å². The zero-order chi connectivity index (χ0) is 18.8. The average molecular weight is 365 g/mol. The highest BCUT2D eigenvalue weighted by Gasteiger charge is 2.29. The maximum Gasteiger partial charge on any atom is 0.260 e. The van der Waals surface area contributed by atoms with Gasteiger partial charge in [-0.3, -0.25) is 9.48 Å². The Bertz CT molecular complexity index is 952. The molecule has 0 aliphatic carbocycles. The first kappa shape index (κ1) is 17.3. The van der Waals surface area contributed by atoms with Crippen LogP contribution in [0.2, 0.25) is 0 Å². The molecule has 6 heteroatoms. The Morgan fingerprint density at radius 2 is 2.00 bits per heavy atom. The number of carbonyl (C=O) groups excluding carboxylic acids is 1. The monoisotopic (exact) mass is 365 g/mol. The number of aromatic nitrogens is 2. The summed E-state index contributed by atoms with van der Waals surface area (Å²) >= 11 is 0. The lowest BCUT2D eigenvalue weighted by molar-refractivity contribution is -0.134. The minimum absolute atomic E-state index is 0.0758. The largest absolute Gasteiger partial charge is 0.484 e. The second-order valence-electron chi connectivity index (χ2n) is 6.72. The average Bonchev–Trinajstić information content (AvgIpc) is 3.12. The molecule has 0 radical (unpaired) electrons. The number of carbonyl (C=O) groups is 1. The number of amides is 1. The van der Waals surface area contributed by atoms with Crippen molar-refractivity contribution in [2.24, 2.45) is 7.05 Å². The fraction of sp³-hybridized carbons (Fsp3) is 0.238. The van der Waals surface area contributed by atoms with Crippen LogP contribution in [0.5, 0.6) is 5.75 Å². The Kier molecular flexibility index (Phi) is 4.62. The molecule has 138 valence electrons. The molecule has 0 saturated heterocycles. The number of benzene rings is 2. The molecule has 0 bridgehead atoms. The van der Waals surface area contributed by atoms with Crippen molar-refractivity contribution < 1.29 is 13.9 Å². The van der Waals surface area contributed by atoms with Crippen LogP contribution < -0.4 is 4.74 Å². The number of hydrogen-bond donors (Lipinski definition) is 0. The number of aryl methyl sites for hydroxylation is 1. The summed E-state index contributed by atoms with van der Waals surface area (Å²) in [6.45, 7) is 1.06. The van der Waals surface area contributed by atoms with E-state index in [1.165, 1.54) is 29.8 Å². The second kappa shape index (κ2) is 7.23. The third kappa shape index (κ3) is 3.69. The van der Waals surface area contributed by atoms with Crippen molar-refractivity contribution in [2.45, 2.75) is 12.5 Å². The summed E-state index contributed by atoms with van der Waals surface area (Å²) in [5.74, 6) is 0.132. The van der Waals surface area contributed by atoms with Crippen molar-refractivity contribution in [2.75, 3.05) is 13.2 Å². The van der Waals surface area contributed by atoms with Gasteiger partial charge in [0.2, 0.25) is 0 Å². The predicted octanol–water partition coefficient (Wildman–Crippen LogP) is 3.11. The third-order valence-corrected chi connectivity index (χ3v) is 4.85. The van der Waals surface area contributed by atoms with E-state index in [1.807, 2.05) is 36.5 Å². The first-order chi connectivity index (χ1) is 13.1. The third-order valence-electron chi connectivity index (χ3n) is 4.85. The molecule has 1 atom stereocenters. The van der Waals surface area contributed by atoms with Crippen molar-refractivity contribution in [3.05, 3.63) is 83.4 Å². The Labute approximate surface area is 157 Å². The summed E-state index contributed by atoms with van der Waals surface area (Å²) in [6, 6.07) is 13.9. The van der Waals surface area contributed by atoms with Crippen LogP contribution in [0.4, 0.5) is 4.39 Å². The molecule has 1 amide bonds. The minimum Gasteiger partial charge on any atom is -0.484 e. The highest BCUT2D eigenvalue weighted by molar-refractivity contribution is 5.78. The molecule has 0 fully saturated rings. The number of hydrogen-bond acceptors (Lipinski definition) is 3. The fourth-order valence-electron chi connectivity index (χ4n) is 3.47. The van der Waals surface area contributed by atoms with E-state index in [1.54, 1.807) is 4.68 Å². The Morgan fingerprint density at radius 1 is 1.22 bits per heavy atom. The van der Waals surface area contributed by atoms with Gasteiger partial charge in [0.05, 0.1) is 6.20 Å². The molecule has 1 aliphatic rings. The van der Waals surface area contributed by atoms with Crippen LogP contribution in [0.15, 0.2) is 60.9 Å². The molecule has 0 spiro atoms. The van der Waals surface area contributed by atoms with Gasteiger partial charge < -0.3 is 9.64 Å². The molecule has 4 rings (SSSR count). The Hall–Kier alpha value is -3.15. The smallest absolute Gasteiger partial charge is 0.260 e. The van der Waals surface area contributed by atoms with E-state index < -0.39 is 0 Å². The maximum atomic E-state index is 13.0. The van der Waals surface area contributed by atoms with Crippen molar-refractivity contribution >= 4 is 5.91 Å². The Morgan fingerprint density at radius 3 is 2.74 bits per heavy atom. The van der Waals surface area contributed by atoms with Crippen LogP contribution in [0.3, 0.4) is 0 Å². The molecule has 2 heterocycles. The number of ether oxygens (including phenoxy) is 1. The normalized spacial score (nSPS) is 16.1. The first-order valence-corrected chi connectivity index (χ1v) is 8.82. The number of halogens is 1. The van der Waals surface area contributed by atoms with Gasteiger partial charge in [-0.05, 0) is 41.0 Å². The molecule has 1 unspecified atom stereocenters. The summed E-state index contributed by atoms with van der Waals surface area (Å²) in [7, 11) is 1.89. The zero-order valence-corrected chi connectivity index (χ0v) is 15.0. The second-order valence-corrected chi connectivity index (χ2v) is 6.72. The van der Waals surface area contributed by atoms with Gasteiger partial charge in [0.1, 0.15) is 11.6 Å². The fourth-order valence-corrected chi connectivity index (χ4v) is 3.47. The Balaban J connectivity index is 1.51. The van der Waals surface area contributed by atoms with E-state index in [-0.39, 0.29) is 24.2 Å². The van der Waals surface area contributed by atoms with Gasteiger partial charge >= 0.3 is 0 Å². The zero-order valence-electron chi connectivity index (χ0n) is 15.0. The van der Waals surface area contributed by atoms with E-state index in [4.69, 9.17) is 4.74 Å². The van der Waals surface area contributed by atoms with Crippen molar-refractivity contribution in [3.8, 4) is 5.75 Å². The maximum absolute atomic E-state index is 13.0. The molecule has 1 aliphatic heterocycles.